The lowest BCUT2D eigenvalue weighted by atomic mass is 9.85. The van der Waals surface area contributed by atoms with Crippen LogP contribution in [0.3, 0.4) is 0 Å². The number of halogens is 3. The highest BCUT2D eigenvalue weighted by atomic mass is 32.2. The molecule has 2 atom stereocenters. The summed E-state index contributed by atoms with van der Waals surface area (Å²) in [6, 6.07) is 30.6. The number of carbonyl (C=O) groups excluding carboxylic acids is 1. The van der Waals surface area contributed by atoms with Gasteiger partial charge in [-0.15, -0.1) is 11.8 Å². The maximum atomic E-state index is 13.9. The summed E-state index contributed by atoms with van der Waals surface area (Å²) in [6.45, 7) is 1.98. The van der Waals surface area contributed by atoms with Crippen molar-refractivity contribution in [2.75, 3.05) is 12.4 Å². The average molecular weight is 522 g/mol. The zero-order valence-electron chi connectivity index (χ0n) is 20.3. The second-order valence-corrected chi connectivity index (χ2v) is 9.89. The number of nitrogens with one attached hydrogen (secondary N) is 1. The molecule has 1 N–H and O–H groups in total. The van der Waals surface area contributed by atoms with Crippen LogP contribution in [0.1, 0.15) is 28.3 Å². The van der Waals surface area contributed by atoms with E-state index in [2.05, 4.69) is 5.32 Å². The molecule has 0 saturated heterocycles. The zero-order valence-corrected chi connectivity index (χ0v) is 21.1. The van der Waals surface area contributed by atoms with Crippen molar-refractivity contribution in [3.05, 3.63) is 131 Å². The number of anilines is 1. The van der Waals surface area contributed by atoms with Gasteiger partial charge in [0, 0.05) is 10.6 Å². The molecule has 0 aromatic heterocycles. The summed E-state index contributed by atoms with van der Waals surface area (Å²) < 4.78 is 43.7. The monoisotopic (exact) mass is 521 g/mol. The van der Waals surface area contributed by atoms with Crippen LogP contribution >= 0.6 is 11.8 Å². The van der Waals surface area contributed by atoms with E-state index in [1.807, 2.05) is 91.9 Å². The van der Waals surface area contributed by atoms with Crippen LogP contribution in [-0.4, -0.2) is 13.1 Å². The number of thioether (sulfide) groups is 1. The number of benzene rings is 4. The van der Waals surface area contributed by atoms with Crippen LogP contribution in [-0.2, 0) is 20.5 Å². The van der Waals surface area contributed by atoms with E-state index in [1.54, 1.807) is 0 Å². The van der Waals surface area contributed by atoms with Crippen molar-refractivity contribution in [3.63, 3.8) is 0 Å². The molecule has 0 unspecified atom stereocenters. The molecule has 0 saturated carbocycles. The van der Waals surface area contributed by atoms with Crippen LogP contribution in [0.2, 0.25) is 0 Å². The Morgan fingerprint density at radius 3 is 1.89 bits per heavy atom. The minimum atomic E-state index is -4.45. The third-order valence-electron chi connectivity index (χ3n) is 6.05. The van der Waals surface area contributed by atoms with Gasteiger partial charge in [-0.25, -0.2) is 0 Å². The summed E-state index contributed by atoms with van der Waals surface area (Å²) >= 11 is 1.34. The molecule has 4 aromatic carbocycles. The van der Waals surface area contributed by atoms with Crippen LogP contribution < -0.4 is 5.32 Å². The maximum Gasteiger partial charge on any atom is 0.416 e. The van der Waals surface area contributed by atoms with Crippen LogP contribution in [0, 0.1) is 6.92 Å². The summed E-state index contributed by atoms with van der Waals surface area (Å²) in [5.41, 5.74) is 2.24. The van der Waals surface area contributed by atoms with Gasteiger partial charge in [0.2, 0.25) is 0 Å². The highest BCUT2D eigenvalue weighted by Gasteiger charge is 2.50. The number of hydrogen-bond acceptors (Lipinski definition) is 4. The molecule has 37 heavy (non-hydrogen) atoms. The number of carbonyl (C=O) groups is 1. The second kappa shape index (κ2) is 11.1. The van der Waals surface area contributed by atoms with Crippen molar-refractivity contribution in [1.29, 1.82) is 0 Å². The van der Waals surface area contributed by atoms with Crippen molar-refractivity contribution in [3.8, 4) is 0 Å². The molecular formula is C30H26F3NO2S. The molecule has 0 radical (unpaired) electrons. The van der Waals surface area contributed by atoms with E-state index in [9.17, 15) is 18.0 Å². The predicted molar refractivity (Wildman–Crippen MR) is 141 cm³/mol. The Balaban J connectivity index is 1.91. The van der Waals surface area contributed by atoms with E-state index in [0.29, 0.717) is 11.3 Å². The molecule has 0 amide bonds. The topological polar surface area (TPSA) is 38.3 Å². The van der Waals surface area contributed by atoms with Crippen molar-refractivity contribution >= 4 is 23.4 Å². The van der Waals surface area contributed by atoms with Gasteiger partial charge in [0.15, 0.2) is 4.75 Å². The first-order valence-electron chi connectivity index (χ1n) is 11.6. The first kappa shape index (κ1) is 26.4. The number of methoxy groups -OCH3 is 1. The molecule has 0 aliphatic carbocycles. The Labute approximate surface area is 218 Å². The third kappa shape index (κ3) is 5.83. The fourth-order valence-electron chi connectivity index (χ4n) is 4.18. The SMILES string of the molecule is COC(=O)[C@@](Sc1ccc(C)cc1)(c1ccccc1)[C@@H](Nc1ccc(C(F)(F)F)cc1)c1ccccc1. The molecular weight excluding hydrogens is 495 g/mol. The lowest BCUT2D eigenvalue weighted by Crippen LogP contribution is -2.43. The molecule has 190 valence electrons. The summed E-state index contributed by atoms with van der Waals surface area (Å²) in [6.07, 6.45) is -4.45. The average Bonchev–Trinajstić information content (AvgIpc) is 2.92. The van der Waals surface area contributed by atoms with Crippen molar-refractivity contribution < 1.29 is 22.7 Å². The second-order valence-electron chi connectivity index (χ2n) is 8.57. The van der Waals surface area contributed by atoms with E-state index in [-0.39, 0.29) is 0 Å². The normalized spacial score (nSPS) is 13.9. The molecule has 0 aliphatic heterocycles. The first-order valence-corrected chi connectivity index (χ1v) is 12.4. The van der Waals surface area contributed by atoms with E-state index in [0.717, 1.165) is 28.2 Å². The molecule has 0 fully saturated rings. The van der Waals surface area contributed by atoms with E-state index >= 15 is 0 Å². The largest absolute Gasteiger partial charge is 0.468 e. The van der Waals surface area contributed by atoms with Crippen LogP contribution in [0.5, 0.6) is 0 Å². The quantitative estimate of drug-likeness (QED) is 0.188. The Morgan fingerprint density at radius 1 is 0.784 bits per heavy atom. The van der Waals surface area contributed by atoms with E-state index in [1.165, 1.54) is 31.0 Å². The number of rotatable bonds is 8. The molecule has 4 aromatic rings. The zero-order chi connectivity index (χ0) is 26.5. The standard InChI is InChI=1S/C30H26F3NO2S/c1-21-13-19-26(20-14-21)37-29(28(35)36-2,23-11-7-4-8-12-23)27(22-9-5-3-6-10-22)34-25-17-15-24(16-18-25)30(31,32)33/h3-20,27,34H,1-2H3/t27-,29+/m0/s1. The third-order valence-corrected chi connectivity index (χ3v) is 7.52. The van der Waals surface area contributed by atoms with Gasteiger partial charge >= 0.3 is 12.1 Å². The van der Waals surface area contributed by atoms with Gasteiger partial charge in [-0.3, -0.25) is 4.79 Å². The highest BCUT2D eigenvalue weighted by Crippen LogP contribution is 2.52. The number of alkyl halides is 3. The summed E-state index contributed by atoms with van der Waals surface area (Å²) in [5.74, 6) is -0.488. The lowest BCUT2D eigenvalue weighted by molar-refractivity contribution is -0.144. The Hall–Kier alpha value is -3.71. The van der Waals surface area contributed by atoms with Gasteiger partial charge in [0.1, 0.15) is 0 Å². The lowest BCUT2D eigenvalue weighted by Gasteiger charge is -2.39. The van der Waals surface area contributed by atoms with E-state index < -0.39 is 28.5 Å². The molecule has 7 heteroatoms. The number of aryl methyl sites for hydroxylation is 1. The summed E-state index contributed by atoms with van der Waals surface area (Å²) in [5, 5.41) is 3.37. The van der Waals surface area contributed by atoms with Gasteiger partial charge < -0.3 is 10.1 Å². The summed E-state index contributed by atoms with van der Waals surface area (Å²) in [4.78, 5) is 14.7. The van der Waals surface area contributed by atoms with E-state index in [4.69, 9.17) is 4.74 Å². The molecule has 3 nitrogen and oxygen atoms in total. The Bertz CT molecular complexity index is 1310. The van der Waals surface area contributed by atoms with Gasteiger partial charge in [0.25, 0.3) is 0 Å². The molecule has 0 spiro atoms. The molecule has 0 aliphatic rings. The maximum absolute atomic E-state index is 13.9. The number of esters is 1. The fraction of sp³-hybridized carbons (Fsp3) is 0.167. The van der Waals surface area contributed by atoms with Crippen LogP contribution in [0.15, 0.2) is 114 Å². The van der Waals surface area contributed by atoms with Gasteiger partial charge in [-0.2, -0.15) is 13.2 Å². The van der Waals surface area contributed by atoms with Gasteiger partial charge in [-0.1, -0.05) is 78.4 Å². The van der Waals surface area contributed by atoms with Crippen molar-refractivity contribution in [2.24, 2.45) is 0 Å². The van der Waals surface area contributed by atoms with Crippen LogP contribution in [0.25, 0.3) is 0 Å². The number of hydrogen-bond donors (Lipinski definition) is 1. The van der Waals surface area contributed by atoms with Crippen molar-refractivity contribution in [1.82, 2.24) is 0 Å². The minimum Gasteiger partial charge on any atom is -0.468 e. The Kier molecular flexibility index (Phi) is 7.93. The smallest absolute Gasteiger partial charge is 0.416 e. The first-order chi connectivity index (χ1) is 17.7. The van der Waals surface area contributed by atoms with Crippen LogP contribution in [0.4, 0.5) is 18.9 Å². The predicted octanol–water partition coefficient (Wildman–Crippen LogP) is 8.03. The number of ether oxygens (including phenoxy) is 1. The summed E-state index contributed by atoms with van der Waals surface area (Å²) in [7, 11) is 1.34. The molecule has 0 bridgehead atoms. The fourth-order valence-corrected chi connectivity index (χ4v) is 5.56. The molecule has 0 heterocycles. The Morgan fingerprint density at radius 2 is 1.35 bits per heavy atom. The minimum absolute atomic E-state index is 0.440. The highest BCUT2D eigenvalue weighted by molar-refractivity contribution is 8.01. The van der Waals surface area contributed by atoms with Gasteiger partial charge in [-0.05, 0) is 54.4 Å². The van der Waals surface area contributed by atoms with Gasteiger partial charge in [0.05, 0.1) is 18.7 Å². The van der Waals surface area contributed by atoms with Crippen molar-refractivity contribution in [2.45, 2.75) is 28.8 Å². The molecule has 4 rings (SSSR count).